The van der Waals surface area contributed by atoms with Crippen LogP contribution in [-0.2, 0) is 19.4 Å². The average Bonchev–Trinajstić information content (AvgIpc) is 2.60. The molecule has 0 aliphatic heterocycles. The van der Waals surface area contributed by atoms with Crippen molar-refractivity contribution in [1.29, 1.82) is 0 Å². The maximum atomic E-state index is 6.07. The molecule has 126 valence electrons. The van der Waals surface area contributed by atoms with Gasteiger partial charge in [-0.3, -0.25) is 0 Å². The molecule has 0 radical (unpaired) electrons. The van der Waals surface area contributed by atoms with Gasteiger partial charge < -0.3 is 16.0 Å². The number of anilines is 2. The maximum absolute atomic E-state index is 6.07. The van der Waals surface area contributed by atoms with E-state index < -0.39 is 0 Å². The molecule has 0 amide bonds. The van der Waals surface area contributed by atoms with Crippen LogP contribution in [-0.4, -0.2) is 30.0 Å². The summed E-state index contributed by atoms with van der Waals surface area (Å²) in [4.78, 5) is 14.9. The predicted octanol–water partition coefficient (Wildman–Crippen LogP) is 2.35. The third-order valence-electron chi connectivity index (χ3n) is 4.17. The fourth-order valence-corrected chi connectivity index (χ4v) is 2.93. The van der Waals surface area contributed by atoms with E-state index in [1.54, 1.807) is 6.20 Å². The molecular weight excluding hydrogens is 300 g/mol. The summed E-state index contributed by atoms with van der Waals surface area (Å²) in [5, 5.41) is 3.25. The number of aryl methyl sites for hydroxylation is 1. The minimum atomic E-state index is 0.416. The van der Waals surface area contributed by atoms with Gasteiger partial charge in [-0.05, 0) is 48.9 Å². The number of fused-ring (bicyclic) bond motifs is 1. The van der Waals surface area contributed by atoms with Crippen molar-refractivity contribution in [2.75, 3.05) is 24.3 Å². The molecule has 0 atom stereocenters. The fourth-order valence-electron chi connectivity index (χ4n) is 2.93. The van der Waals surface area contributed by atoms with Crippen molar-refractivity contribution in [1.82, 2.24) is 9.97 Å². The molecule has 0 saturated carbocycles. The lowest BCUT2D eigenvalue weighted by Gasteiger charge is -2.19. The lowest BCUT2D eigenvalue weighted by Crippen LogP contribution is -2.24. The number of aliphatic imine (C=N–C) groups is 1. The van der Waals surface area contributed by atoms with Gasteiger partial charge in [-0.15, -0.1) is 0 Å². The molecule has 0 unspecified atom stereocenters. The monoisotopic (exact) mass is 324 g/mol. The molecule has 1 aromatic carbocycles. The molecule has 24 heavy (non-hydrogen) atoms. The summed E-state index contributed by atoms with van der Waals surface area (Å²) in [6.07, 6.45) is 6.49. The molecule has 1 heterocycles. The van der Waals surface area contributed by atoms with Gasteiger partial charge in [0.1, 0.15) is 0 Å². The topological polar surface area (TPSA) is 79.4 Å². The Morgan fingerprint density at radius 1 is 1.25 bits per heavy atom. The highest BCUT2D eigenvalue weighted by molar-refractivity contribution is 5.93. The Morgan fingerprint density at radius 2 is 2.08 bits per heavy atom. The van der Waals surface area contributed by atoms with Crippen LogP contribution in [0.15, 0.2) is 35.5 Å². The summed E-state index contributed by atoms with van der Waals surface area (Å²) in [5.41, 5.74) is 10.8. The Morgan fingerprint density at radius 3 is 2.92 bits per heavy atom. The highest BCUT2D eigenvalue weighted by Gasteiger charge is 2.13. The molecule has 0 bridgehead atoms. The van der Waals surface area contributed by atoms with E-state index in [-0.39, 0.29) is 0 Å². The number of guanidine groups is 1. The van der Waals surface area contributed by atoms with Crippen LogP contribution in [0.3, 0.4) is 0 Å². The largest absolute Gasteiger partial charge is 0.370 e. The number of rotatable bonds is 4. The van der Waals surface area contributed by atoms with Crippen molar-refractivity contribution < 1.29 is 0 Å². The second-order valence-electron chi connectivity index (χ2n) is 6.22. The van der Waals surface area contributed by atoms with Crippen molar-refractivity contribution in [3.8, 4) is 0 Å². The van der Waals surface area contributed by atoms with Gasteiger partial charge in [-0.25, -0.2) is 15.0 Å². The molecular formula is C18H24N6. The van der Waals surface area contributed by atoms with E-state index in [2.05, 4.69) is 38.5 Å². The third kappa shape index (κ3) is 3.82. The van der Waals surface area contributed by atoms with Gasteiger partial charge in [0.25, 0.3) is 0 Å². The summed E-state index contributed by atoms with van der Waals surface area (Å²) in [5.74, 6) is 1.09. The average molecular weight is 324 g/mol. The number of benzene rings is 1. The Hall–Kier alpha value is -2.63. The van der Waals surface area contributed by atoms with Crippen LogP contribution >= 0.6 is 0 Å². The summed E-state index contributed by atoms with van der Waals surface area (Å²) in [6, 6.07) is 8.21. The first-order chi connectivity index (χ1) is 11.6. The second-order valence-corrected chi connectivity index (χ2v) is 6.22. The molecule has 6 heteroatoms. The van der Waals surface area contributed by atoms with Crippen LogP contribution in [0.4, 0.5) is 11.6 Å². The second kappa shape index (κ2) is 7.29. The zero-order valence-corrected chi connectivity index (χ0v) is 14.3. The number of nitrogens with one attached hydrogen (secondary N) is 1. The van der Waals surface area contributed by atoms with Gasteiger partial charge >= 0.3 is 0 Å². The molecule has 0 saturated heterocycles. The van der Waals surface area contributed by atoms with Crippen LogP contribution in [0.1, 0.15) is 29.7 Å². The summed E-state index contributed by atoms with van der Waals surface area (Å²) in [7, 11) is 3.83. The maximum Gasteiger partial charge on any atom is 0.225 e. The minimum Gasteiger partial charge on any atom is -0.370 e. The molecule has 1 aliphatic carbocycles. The van der Waals surface area contributed by atoms with Gasteiger partial charge in [0.15, 0.2) is 5.96 Å². The fraction of sp³-hybridized carbons (Fsp3) is 0.389. The zero-order valence-electron chi connectivity index (χ0n) is 14.3. The molecule has 2 aromatic rings. The number of hydrogen-bond donors (Lipinski definition) is 2. The van der Waals surface area contributed by atoms with Crippen LogP contribution in [0, 0.1) is 0 Å². The Labute approximate surface area is 142 Å². The van der Waals surface area contributed by atoms with Gasteiger partial charge in [0.05, 0.1) is 12.2 Å². The van der Waals surface area contributed by atoms with E-state index in [1.165, 1.54) is 24.0 Å². The Balaban J connectivity index is 1.70. The van der Waals surface area contributed by atoms with E-state index in [1.807, 2.05) is 25.1 Å². The molecule has 3 N–H and O–H groups in total. The van der Waals surface area contributed by atoms with Gasteiger partial charge in [0.2, 0.25) is 5.95 Å². The number of aromatic nitrogens is 2. The van der Waals surface area contributed by atoms with Crippen LogP contribution in [0.2, 0.25) is 0 Å². The van der Waals surface area contributed by atoms with Crippen molar-refractivity contribution in [2.45, 2.75) is 32.2 Å². The highest BCUT2D eigenvalue weighted by Crippen LogP contribution is 2.27. The smallest absolute Gasteiger partial charge is 0.225 e. The van der Waals surface area contributed by atoms with Crippen LogP contribution in [0.5, 0.6) is 0 Å². The SMILES string of the molecule is CN(C)c1nccc(CN=C(N)Nc2cccc3c2CCCC3)n1. The first-order valence-corrected chi connectivity index (χ1v) is 8.30. The third-order valence-corrected chi connectivity index (χ3v) is 4.17. The van der Waals surface area contributed by atoms with Crippen molar-refractivity contribution in [2.24, 2.45) is 10.7 Å². The van der Waals surface area contributed by atoms with Crippen molar-refractivity contribution in [3.05, 3.63) is 47.3 Å². The van der Waals surface area contributed by atoms with E-state index in [9.17, 15) is 0 Å². The molecule has 3 rings (SSSR count). The Bertz CT molecular complexity index is 738. The van der Waals surface area contributed by atoms with Gasteiger partial charge in [-0.1, -0.05) is 12.1 Å². The summed E-state index contributed by atoms with van der Waals surface area (Å²) < 4.78 is 0. The summed E-state index contributed by atoms with van der Waals surface area (Å²) >= 11 is 0. The number of nitrogens with two attached hydrogens (primary N) is 1. The molecule has 1 aromatic heterocycles. The highest BCUT2D eigenvalue weighted by atomic mass is 15.2. The van der Waals surface area contributed by atoms with E-state index >= 15 is 0 Å². The molecule has 0 fully saturated rings. The quantitative estimate of drug-likeness (QED) is 0.666. The number of nitrogens with zero attached hydrogens (tertiary/aromatic N) is 4. The lowest BCUT2D eigenvalue weighted by molar-refractivity contribution is 0.687. The number of hydrogen-bond acceptors (Lipinski definition) is 4. The molecule has 0 spiro atoms. The standard InChI is InChI=1S/C18H24N6/c1-24(2)18-20-11-10-14(22-18)12-21-17(19)23-16-9-5-7-13-6-3-4-8-15(13)16/h5,7,9-11H,3-4,6,8,12H2,1-2H3,(H3,19,21,23). The zero-order chi connectivity index (χ0) is 16.9. The normalized spacial score (nSPS) is 14.2. The molecule has 6 nitrogen and oxygen atoms in total. The van der Waals surface area contributed by atoms with E-state index in [0.717, 1.165) is 24.2 Å². The van der Waals surface area contributed by atoms with Crippen molar-refractivity contribution in [3.63, 3.8) is 0 Å². The Kier molecular flexibility index (Phi) is 4.93. The molecule has 1 aliphatic rings. The van der Waals surface area contributed by atoms with Crippen molar-refractivity contribution >= 4 is 17.6 Å². The first-order valence-electron chi connectivity index (χ1n) is 8.30. The van der Waals surface area contributed by atoms with Gasteiger partial charge in [-0.2, -0.15) is 0 Å². The predicted molar refractivity (Wildman–Crippen MR) is 98.4 cm³/mol. The van der Waals surface area contributed by atoms with Crippen LogP contribution < -0.4 is 16.0 Å². The lowest BCUT2D eigenvalue weighted by atomic mass is 9.90. The van der Waals surface area contributed by atoms with Crippen LogP contribution in [0.25, 0.3) is 0 Å². The first kappa shape index (κ1) is 16.2. The van der Waals surface area contributed by atoms with Gasteiger partial charge in [0, 0.05) is 26.0 Å². The van der Waals surface area contributed by atoms with E-state index in [0.29, 0.717) is 18.5 Å². The minimum absolute atomic E-state index is 0.416. The summed E-state index contributed by atoms with van der Waals surface area (Å²) in [6.45, 7) is 0.428. The van der Waals surface area contributed by atoms with E-state index in [4.69, 9.17) is 5.73 Å².